The molecule has 21 heavy (non-hydrogen) atoms. The van der Waals surface area contributed by atoms with Crippen LogP contribution in [0.25, 0.3) is 0 Å². The van der Waals surface area contributed by atoms with Crippen molar-refractivity contribution in [3.63, 3.8) is 0 Å². The lowest BCUT2D eigenvalue weighted by atomic mass is 10.1. The molecule has 0 aliphatic rings. The van der Waals surface area contributed by atoms with Crippen LogP contribution < -0.4 is 10.1 Å². The Balaban J connectivity index is 2.32. The minimum absolute atomic E-state index is 0.00769. The molecule has 112 valence electrons. The molecule has 0 saturated heterocycles. The summed E-state index contributed by atoms with van der Waals surface area (Å²) in [6, 6.07) is 6.89. The smallest absolute Gasteiger partial charge is 0.311 e. The SMILES string of the molecule is CCCC(Nc1nc(OC)ccc1[N+](=O)[O-])c1cccs1. The molecule has 0 aliphatic carbocycles. The summed E-state index contributed by atoms with van der Waals surface area (Å²) in [4.78, 5) is 16.0. The number of ether oxygens (including phenoxy) is 1. The van der Waals surface area contributed by atoms with Crippen molar-refractivity contribution in [2.75, 3.05) is 12.4 Å². The Morgan fingerprint density at radius 2 is 2.29 bits per heavy atom. The lowest BCUT2D eigenvalue weighted by molar-refractivity contribution is -0.384. The Hall–Kier alpha value is -2.15. The molecule has 2 rings (SSSR count). The number of hydrogen-bond donors (Lipinski definition) is 1. The van der Waals surface area contributed by atoms with E-state index in [0.29, 0.717) is 5.88 Å². The Morgan fingerprint density at radius 1 is 1.48 bits per heavy atom. The van der Waals surface area contributed by atoms with Crippen LogP contribution in [0.5, 0.6) is 5.88 Å². The number of nitrogens with one attached hydrogen (secondary N) is 1. The van der Waals surface area contributed by atoms with E-state index < -0.39 is 4.92 Å². The van der Waals surface area contributed by atoms with Crippen molar-refractivity contribution in [1.29, 1.82) is 0 Å². The van der Waals surface area contributed by atoms with Gasteiger partial charge in [-0.25, -0.2) is 0 Å². The Bertz CT molecular complexity index is 602. The molecule has 0 radical (unpaired) electrons. The molecule has 0 fully saturated rings. The molecular formula is C14H17N3O3S. The molecule has 1 N–H and O–H groups in total. The number of nitrogens with zero attached hydrogens (tertiary/aromatic N) is 2. The number of pyridine rings is 1. The van der Waals surface area contributed by atoms with Gasteiger partial charge in [0, 0.05) is 17.0 Å². The van der Waals surface area contributed by atoms with E-state index in [4.69, 9.17) is 4.74 Å². The molecule has 0 aromatic carbocycles. The monoisotopic (exact) mass is 307 g/mol. The Labute approximate surface area is 126 Å². The zero-order chi connectivity index (χ0) is 15.2. The molecule has 6 nitrogen and oxygen atoms in total. The highest BCUT2D eigenvalue weighted by Gasteiger charge is 2.20. The van der Waals surface area contributed by atoms with Gasteiger partial charge in [-0.2, -0.15) is 4.98 Å². The van der Waals surface area contributed by atoms with E-state index in [1.807, 2.05) is 17.5 Å². The third-order valence-corrected chi connectivity index (χ3v) is 4.02. The fourth-order valence-corrected chi connectivity index (χ4v) is 2.84. The van der Waals surface area contributed by atoms with Gasteiger partial charge in [0.15, 0.2) is 0 Å². The van der Waals surface area contributed by atoms with E-state index in [2.05, 4.69) is 17.2 Å². The average molecular weight is 307 g/mol. The number of rotatable bonds is 7. The van der Waals surface area contributed by atoms with Crippen molar-refractivity contribution < 1.29 is 9.66 Å². The fraction of sp³-hybridized carbons (Fsp3) is 0.357. The molecule has 0 saturated carbocycles. The van der Waals surface area contributed by atoms with Crippen LogP contribution in [0.4, 0.5) is 11.5 Å². The molecule has 1 atom stereocenters. The molecule has 7 heteroatoms. The summed E-state index contributed by atoms with van der Waals surface area (Å²) in [5.74, 6) is 0.593. The zero-order valence-corrected chi connectivity index (χ0v) is 12.7. The van der Waals surface area contributed by atoms with Crippen LogP contribution in [0.15, 0.2) is 29.6 Å². The van der Waals surface area contributed by atoms with Crippen LogP contribution in [0.3, 0.4) is 0 Å². The maximum atomic E-state index is 11.1. The first kappa shape index (κ1) is 15.2. The van der Waals surface area contributed by atoms with Crippen LogP contribution >= 0.6 is 11.3 Å². The zero-order valence-electron chi connectivity index (χ0n) is 11.9. The van der Waals surface area contributed by atoms with Gasteiger partial charge in [0.2, 0.25) is 11.7 Å². The van der Waals surface area contributed by atoms with Crippen LogP contribution in [0, 0.1) is 10.1 Å². The average Bonchev–Trinajstić information content (AvgIpc) is 3.00. The second-order valence-corrected chi connectivity index (χ2v) is 5.46. The minimum atomic E-state index is -0.438. The van der Waals surface area contributed by atoms with Crippen molar-refractivity contribution >= 4 is 22.8 Å². The molecule has 0 spiro atoms. The van der Waals surface area contributed by atoms with Gasteiger partial charge in [-0.1, -0.05) is 19.4 Å². The maximum Gasteiger partial charge on any atom is 0.311 e. The van der Waals surface area contributed by atoms with E-state index in [9.17, 15) is 10.1 Å². The normalized spacial score (nSPS) is 11.9. The summed E-state index contributed by atoms with van der Waals surface area (Å²) in [5.41, 5.74) is -0.0477. The lowest BCUT2D eigenvalue weighted by Gasteiger charge is -2.17. The van der Waals surface area contributed by atoms with E-state index in [1.54, 1.807) is 11.3 Å². The van der Waals surface area contributed by atoms with Gasteiger partial charge < -0.3 is 10.1 Å². The fourth-order valence-electron chi connectivity index (χ4n) is 2.03. The van der Waals surface area contributed by atoms with Gasteiger partial charge in [-0.05, 0) is 17.9 Å². The first-order valence-electron chi connectivity index (χ1n) is 6.65. The van der Waals surface area contributed by atoms with E-state index in [-0.39, 0.29) is 17.5 Å². The van der Waals surface area contributed by atoms with E-state index in [1.165, 1.54) is 19.2 Å². The number of methoxy groups -OCH3 is 1. The first-order chi connectivity index (χ1) is 10.2. The molecular weight excluding hydrogens is 290 g/mol. The molecule has 2 heterocycles. The number of thiophene rings is 1. The first-order valence-corrected chi connectivity index (χ1v) is 7.53. The number of anilines is 1. The van der Waals surface area contributed by atoms with Crippen molar-refractivity contribution in [2.24, 2.45) is 0 Å². The predicted molar refractivity (Wildman–Crippen MR) is 83.0 cm³/mol. The predicted octanol–water partition coefficient (Wildman–Crippen LogP) is 4.01. The van der Waals surface area contributed by atoms with Crippen LogP contribution in [-0.4, -0.2) is 17.0 Å². The van der Waals surface area contributed by atoms with Crippen LogP contribution in [0.1, 0.15) is 30.7 Å². The number of hydrogen-bond acceptors (Lipinski definition) is 6. The van der Waals surface area contributed by atoms with Gasteiger partial charge in [-0.15, -0.1) is 11.3 Å². The minimum Gasteiger partial charge on any atom is -0.481 e. The van der Waals surface area contributed by atoms with Gasteiger partial charge in [0.25, 0.3) is 0 Å². The molecule has 1 unspecified atom stereocenters. The van der Waals surface area contributed by atoms with Crippen molar-refractivity contribution in [2.45, 2.75) is 25.8 Å². The molecule has 2 aromatic rings. The molecule has 2 aromatic heterocycles. The van der Waals surface area contributed by atoms with Gasteiger partial charge in [0.1, 0.15) is 0 Å². The highest BCUT2D eigenvalue weighted by molar-refractivity contribution is 7.10. The van der Waals surface area contributed by atoms with Crippen LogP contribution in [0.2, 0.25) is 0 Å². The third-order valence-electron chi connectivity index (χ3n) is 3.03. The number of aromatic nitrogens is 1. The second kappa shape index (κ2) is 7.03. The van der Waals surface area contributed by atoms with E-state index >= 15 is 0 Å². The Kier molecular flexibility index (Phi) is 5.10. The van der Waals surface area contributed by atoms with Gasteiger partial charge >= 0.3 is 5.69 Å². The largest absolute Gasteiger partial charge is 0.481 e. The Morgan fingerprint density at radius 3 is 2.86 bits per heavy atom. The van der Waals surface area contributed by atoms with Gasteiger partial charge in [0.05, 0.1) is 18.1 Å². The molecule has 0 amide bonds. The summed E-state index contributed by atoms with van der Waals surface area (Å²) in [6.07, 6.45) is 1.84. The maximum absolute atomic E-state index is 11.1. The van der Waals surface area contributed by atoms with E-state index in [0.717, 1.165) is 17.7 Å². The van der Waals surface area contributed by atoms with Crippen molar-refractivity contribution in [3.05, 3.63) is 44.6 Å². The van der Waals surface area contributed by atoms with Crippen molar-refractivity contribution in [3.8, 4) is 5.88 Å². The summed E-state index contributed by atoms with van der Waals surface area (Å²) >= 11 is 1.62. The summed E-state index contributed by atoms with van der Waals surface area (Å²) in [5, 5.41) is 16.3. The number of nitro groups is 1. The standard InChI is InChI=1S/C14H17N3O3S/c1-3-5-10(12-6-4-9-21-12)15-14-11(17(18)19)7-8-13(16-14)20-2/h4,6-10H,3,5H2,1-2H3,(H,15,16). The second-order valence-electron chi connectivity index (χ2n) is 4.48. The molecule has 0 aliphatic heterocycles. The quantitative estimate of drug-likeness (QED) is 0.617. The highest BCUT2D eigenvalue weighted by Crippen LogP contribution is 2.32. The summed E-state index contributed by atoms with van der Waals surface area (Å²) < 4.78 is 5.05. The lowest BCUT2D eigenvalue weighted by Crippen LogP contribution is -2.12. The summed E-state index contributed by atoms with van der Waals surface area (Å²) in [6.45, 7) is 2.08. The summed E-state index contributed by atoms with van der Waals surface area (Å²) in [7, 11) is 1.49. The highest BCUT2D eigenvalue weighted by atomic mass is 32.1. The van der Waals surface area contributed by atoms with Gasteiger partial charge in [-0.3, -0.25) is 10.1 Å². The molecule has 0 bridgehead atoms. The topological polar surface area (TPSA) is 77.3 Å². The third kappa shape index (κ3) is 3.69. The van der Waals surface area contributed by atoms with Crippen LogP contribution in [-0.2, 0) is 0 Å². The van der Waals surface area contributed by atoms with Crippen molar-refractivity contribution in [1.82, 2.24) is 4.98 Å².